The monoisotopic (exact) mass is 340 g/mol. The molecule has 6 heteroatoms. The Hall–Kier alpha value is -2.47. The van der Waals surface area contributed by atoms with Crippen molar-refractivity contribution in [1.82, 2.24) is 20.3 Å². The fraction of sp³-hybridized carbons (Fsp3) is 0.278. The molecule has 0 aliphatic carbocycles. The Kier molecular flexibility index (Phi) is 4.49. The van der Waals surface area contributed by atoms with Crippen LogP contribution in [0.3, 0.4) is 0 Å². The molecule has 0 bridgehead atoms. The van der Waals surface area contributed by atoms with Gasteiger partial charge in [0.2, 0.25) is 0 Å². The highest BCUT2D eigenvalue weighted by Crippen LogP contribution is 2.22. The molecule has 0 spiro atoms. The predicted molar refractivity (Wildman–Crippen MR) is 95.5 cm³/mol. The average Bonchev–Trinajstić information content (AvgIpc) is 3.23. The van der Waals surface area contributed by atoms with Crippen molar-refractivity contribution in [3.8, 4) is 5.69 Å². The van der Waals surface area contributed by atoms with Gasteiger partial charge in [-0.25, -0.2) is 4.68 Å². The Balaban J connectivity index is 1.61. The van der Waals surface area contributed by atoms with E-state index >= 15 is 0 Å². The van der Waals surface area contributed by atoms with Crippen molar-refractivity contribution in [3.05, 3.63) is 64.1 Å². The quantitative estimate of drug-likeness (QED) is 0.790. The first-order chi connectivity index (χ1) is 11.4. The summed E-state index contributed by atoms with van der Waals surface area (Å²) in [6.07, 6.45) is 1.82. The summed E-state index contributed by atoms with van der Waals surface area (Å²) < 4.78 is 1.70. The predicted octanol–water partition coefficient (Wildman–Crippen LogP) is 3.56. The van der Waals surface area contributed by atoms with Gasteiger partial charge in [-0.05, 0) is 34.6 Å². The largest absolute Gasteiger partial charge is 0.346 e. The molecule has 0 saturated carbocycles. The lowest BCUT2D eigenvalue weighted by atomic mass is 9.87. The van der Waals surface area contributed by atoms with Gasteiger partial charge in [-0.3, -0.25) is 4.79 Å². The molecule has 5 nitrogen and oxygen atoms in total. The lowest BCUT2D eigenvalue weighted by molar-refractivity contribution is 0.0950. The fourth-order valence-electron chi connectivity index (χ4n) is 2.29. The van der Waals surface area contributed by atoms with E-state index in [1.807, 2.05) is 47.3 Å². The van der Waals surface area contributed by atoms with Crippen molar-refractivity contribution < 1.29 is 4.79 Å². The van der Waals surface area contributed by atoms with E-state index in [0.717, 1.165) is 11.4 Å². The number of thiophene rings is 1. The summed E-state index contributed by atoms with van der Waals surface area (Å²) in [6, 6.07) is 9.69. The number of hydrogen-bond acceptors (Lipinski definition) is 4. The standard InChI is InChI=1S/C18H20N4OS/c1-18(2,3)14-6-4-13(5-7-14)17(23)19-10-15-11-22(21-20-15)16-8-9-24-12-16/h4-9,11-12H,10H2,1-3H3,(H,19,23). The summed E-state index contributed by atoms with van der Waals surface area (Å²) in [7, 11) is 0. The maximum atomic E-state index is 12.3. The molecular formula is C18H20N4OS. The van der Waals surface area contributed by atoms with Crippen LogP contribution in [0, 0.1) is 0 Å². The van der Waals surface area contributed by atoms with Crippen molar-refractivity contribution in [3.63, 3.8) is 0 Å². The zero-order chi connectivity index (χ0) is 17.2. The molecular weight excluding hydrogens is 320 g/mol. The maximum absolute atomic E-state index is 12.3. The van der Waals surface area contributed by atoms with E-state index in [1.165, 1.54) is 5.56 Å². The fourth-order valence-corrected chi connectivity index (χ4v) is 2.91. The Morgan fingerprint density at radius 1 is 1.21 bits per heavy atom. The van der Waals surface area contributed by atoms with Crippen molar-refractivity contribution in [2.24, 2.45) is 0 Å². The van der Waals surface area contributed by atoms with Crippen LogP contribution in [0.5, 0.6) is 0 Å². The number of benzene rings is 1. The molecule has 0 fully saturated rings. The smallest absolute Gasteiger partial charge is 0.251 e. The lowest BCUT2D eigenvalue weighted by Gasteiger charge is -2.19. The summed E-state index contributed by atoms with van der Waals surface area (Å²) in [5, 5.41) is 15.0. The molecule has 0 unspecified atom stereocenters. The van der Waals surface area contributed by atoms with Gasteiger partial charge in [-0.15, -0.1) is 5.10 Å². The molecule has 0 saturated heterocycles. The molecule has 2 heterocycles. The minimum absolute atomic E-state index is 0.0785. The van der Waals surface area contributed by atoms with E-state index in [-0.39, 0.29) is 11.3 Å². The van der Waals surface area contributed by atoms with Gasteiger partial charge < -0.3 is 5.32 Å². The molecule has 0 aliphatic rings. The Labute approximate surface area is 145 Å². The minimum atomic E-state index is -0.111. The second-order valence-electron chi connectivity index (χ2n) is 6.65. The molecule has 24 heavy (non-hydrogen) atoms. The molecule has 0 aliphatic heterocycles. The zero-order valence-electron chi connectivity index (χ0n) is 14.0. The molecule has 124 valence electrons. The first-order valence-corrected chi connectivity index (χ1v) is 8.70. The number of carbonyl (C=O) groups is 1. The van der Waals surface area contributed by atoms with Crippen LogP contribution in [0.15, 0.2) is 47.3 Å². The first-order valence-electron chi connectivity index (χ1n) is 7.76. The zero-order valence-corrected chi connectivity index (χ0v) is 14.8. The van der Waals surface area contributed by atoms with E-state index in [1.54, 1.807) is 16.0 Å². The summed E-state index contributed by atoms with van der Waals surface area (Å²) in [6.45, 7) is 6.81. The second kappa shape index (κ2) is 6.57. The highest BCUT2D eigenvalue weighted by Gasteiger charge is 2.14. The number of rotatable bonds is 4. The van der Waals surface area contributed by atoms with Crippen molar-refractivity contribution >= 4 is 17.2 Å². The topological polar surface area (TPSA) is 59.8 Å². The Morgan fingerprint density at radius 3 is 2.58 bits per heavy atom. The van der Waals surface area contributed by atoms with E-state index in [9.17, 15) is 4.79 Å². The maximum Gasteiger partial charge on any atom is 0.251 e. The number of nitrogens with zero attached hydrogens (tertiary/aromatic N) is 3. The van der Waals surface area contributed by atoms with E-state index in [0.29, 0.717) is 12.1 Å². The van der Waals surface area contributed by atoms with Gasteiger partial charge in [0.1, 0.15) is 5.69 Å². The highest BCUT2D eigenvalue weighted by atomic mass is 32.1. The van der Waals surface area contributed by atoms with Gasteiger partial charge in [0, 0.05) is 10.9 Å². The van der Waals surface area contributed by atoms with E-state index in [2.05, 4.69) is 36.4 Å². The molecule has 0 atom stereocenters. The van der Waals surface area contributed by atoms with E-state index in [4.69, 9.17) is 0 Å². The van der Waals surface area contributed by atoms with Crippen LogP contribution >= 0.6 is 11.3 Å². The molecule has 1 aromatic carbocycles. The Bertz CT molecular complexity index is 814. The first kappa shape index (κ1) is 16.4. The summed E-state index contributed by atoms with van der Waals surface area (Å²) in [4.78, 5) is 12.3. The van der Waals surface area contributed by atoms with Crippen LogP contribution in [-0.2, 0) is 12.0 Å². The third kappa shape index (κ3) is 3.71. The van der Waals surface area contributed by atoms with Crippen LogP contribution in [0.1, 0.15) is 42.4 Å². The average molecular weight is 340 g/mol. The van der Waals surface area contributed by atoms with Gasteiger partial charge in [-0.1, -0.05) is 38.1 Å². The van der Waals surface area contributed by atoms with E-state index < -0.39 is 0 Å². The van der Waals surface area contributed by atoms with Gasteiger partial charge >= 0.3 is 0 Å². The number of amides is 1. The van der Waals surface area contributed by atoms with Crippen molar-refractivity contribution in [2.75, 3.05) is 0 Å². The van der Waals surface area contributed by atoms with Crippen LogP contribution in [0.2, 0.25) is 0 Å². The Morgan fingerprint density at radius 2 is 1.96 bits per heavy atom. The van der Waals surface area contributed by atoms with Gasteiger partial charge in [0.15, 0.2) is 0 Å². The minimum Gasteiger partial charge on any atom is -0.346 e. The molecule has 1 N–H and O–H groups in total. The van der Waals surface area contributed by atoms with Gasteiger partial charge in [0.05, 0.1) is 18.4 Å². The van der Waals surface area contributed by atoms with Crippen LogP contribution < -0.4 is 5.32 Å². The third-order valence-corrected chi connectivity index (χ3v) is 4.43. The highest BCUT2D eigenvalue weighted by molar-refractivity contribution is 7.08. The number of nitrogens with one attached hydrogen (secondary N) is 1. The molecule has 0 radical (unpaired) electrons. The second-order valence-corrected chi connectivity index (χ2v) is 7.43. The molecule has 2 aromatic heterocycles. The molecule has 1 amide bonds. The van der Waals surface area contributed by atoms with Crippen molar-refractivity contribution in [1.29, 1.82) is 0 Å². The number of carbonyl (C=O) groups excluding carboxylic acids is 1. The lowest BCUT2D eigenvalue weighted by Crippen LogP contribution is -2.23. The normalized spacial score (nSPS) is 11.5. The van der Waals surface area contributed by atoms with Gasteiger partial charge in [-0.2, -0.15) is 11.3 Å². The van der Waals surface area contributed by atoms with Gasteiger partial charge in [0.25, 0.3) is 5.91 Å². The van der Waals surface area contributed by atoms with Crippen LogP contribution in [0.25, 0.3) is 5.69 Å². The molecule has 3 aromatic rings. The SMILES string of the molecule is CC(C)(C)c1ccc(C(=O)NCc2cn(-c3ccsc3)nn2)cc1. The van der Waals surface area contributed by atoms with Crippen LogP contribution in [-0.4, -0.2) is 20.9 Å². The third-order valence-electron chi connectivity index (χ3n) is 3.75. The molecule has 3 rings (SSSR count). The van der Waals surface area contributed by atoms with Crippen molar-refractivity contribution in [2.45, 2.75) is 32.7 Å². The summed E-state index contributed by atoms with van der Waals surface area (Å²) in [5.41, 5.74) is 3.63. The van der Waals surface area contributed by atoms with Crippen LogP contribution in [0.4, 0.5) is 0 Å². The summed E-state index contributed by atoms with van der Waals surface area (Å²) in [5.74, 6) is -0.111. The number of hydrogen-bond donors (Lipinski definition) is 1. The number of aromatic nitrogens is 3. The summed E-state index contributed by atoms with van der Waals surface area (Å²) >= 11 is 1.60.